The molecule has 0 saturated heterocycles. The molecule has 0 radical (unpaired) electrons. The highest BCUT2D eigenvalue weighted by Crippen LogP contribution is 2.28. The zero-order chi connectivity index (χ0) is 18.8. The zero-order valence-electron chi connectivity index (χ0n) is 15.3. The fourth-order valence-corrected chi connectivity index (χ4v) is 3.70. The fourth-order valence-electron chi connectivity index (χ4n) is 3.70. The van der Waals surface area contributed by atoms with Crippen molar-refractivity contribution in [3.63, 3.8) is 0 Å². The number of hydrogen-bond acceptors (Lipinski definition) is 3. The van der Waals surface area contributed by atoms with Gasteiger partial charge in [0, 0.05) is 5.56 Å². The van der Waals surface area contributed by atoms with E-state index >= 15 is 0 Å². The molecular formula is C23H22N2O2. The highest BCUT2D eigenvalue weighted by molar-refractivity contribution is 6.03. The number of aryl methyl sites for hydroxylation is 2. The van der Waals surface area contributed by atoms with Gasteiger partial charge in [-0.2, -0.15) is 5.10 Å². The number of fused-ring (bicyclic) bond motifs is 2. The topological polar surface area (TPSA) is 61.7 Å². The molecule has 1 aliphatic carbocycles. The lowest BCUT2D eigenvalue weighted by Gasteiger charge is -2.19. The van der Waals surface area contributed by atoms with Gasteiger partial charge in [0.1, 0.15) is 5.75 Å². The summed E-state index contributed by atoms with van der Waals surface area (Å²) in [5.41, 5.74) is 7.55. The van der Waals surface area contributed by atoms with Crippen LogP contribution in [-0.2, 0) is 17.6 Å². The van der Waals surface area contributed by atoms with Crippen molar-refractivity contribution in [1.29, 1.82) is 0 Å². The molecule has 0 aromatic heterocycles. The molecule has 0 spiro atoms. The van der Waals surface area contributed by atoms with Gasteiger partial charge in [-0.1, -0.05) is 42.5 Å². The van der Waals surface area contributed by atoms with Gasteiger partial charge < -0.3 is 5.11 Å². The minimum absolute atomic E-state index is 0.124. The van der Waals surface area contributed by atoms with E-state index in [2.05, 4.69) is 10.5 Å². The summed E-state index contributed by atoms with van der Waals surface area (Å²) in [7, 11) is 0. The van der Waals surface area contributed by atoms with Gasteiger partial charge in [-0.3, -0.25) is 4.79 Å². The van der Waals surface area contributed by atoms with Crippen LogP contribution in [0.25, 0.3) is 10.8 Å². The summed E-state index contributed by atoms with van der Waals surface area (Å²) in [6, 6.07) is 17.9. The number of benzene rings is 3. The number of amides is 1. The van der Waals surface area contributed by atoms with Gasteiger partial charge in [-0.15, -0.1) is 0 Å². The van der Waals surface area contributed by atoms with Crippen molar-refractivity contribution in [3.05, 3.63) is 76.9 Å². The van der Waals surface area contributed by atoms with Gasteiger partial charge >= 0.3 is 0 Å². The van der Waals surface area contributed by atoms with E-state index in [9.17, 15) is 9.90 Å². The Balaban J connectivity index is 1.54. The van der Waals surface area contributed by atoms with Crippen LogP contribution in [-0.4, -0.2) is 16.7 Å². The smallest absolute Gasteiger partial charge is 0.244 e. The number of carbonyl (C=O) groups excluding carboxylic acids is 1. The largest absolute Gasteiger partial charge is 0.508 e. The molecule has 136 valence electrons. The van der Waals surface area contributed by atoms with Crippen molar-refractivity contribution in [2.24, 2.45) is 5.10 Å². The third-order valence-electron chi connectivity index (χ3n) is 5.14. The van der Waals surface area contributed by atoms with Crippen LogP contribution in [0.2, 0.25) is 0 Å². The molecule has 4 rings (SSSR count). The van der Waals surface area contributed by atoms with Crippen LogP contribution in [0.15, 0.2) is 59.7 Å². The van der Waals surface area contributed by atoms with Gasteiger partial charge in [0.15, 0.2) is 0 Å². The second kappa shape index (κ2) is 7.23. The SMILES string of the molecule is Cc1cc2c(cc1O)CCC/C2=N\NC(=O)Cc1cccc2ccccc12. The molecule has 27 heavy (non-hydrogen) atoms. The Hall–Kier alpha value is -3.14. The number of hydrazone groups is 1. The van der Waals surface area contributed by atoms with Crippen LogP contribution in [0.3, 0.4) is 0 Å². The van der Waals surface area contributed by atoms with E-state index in [1.54, 1.807) is 0 Å². The van der Waals surface area contributed by atoms with Crippen LogP contribution in [0.5, 0.6) is 5.75 Å². The monoisotopic (exact) mass is 358 g/mol. The Morgan fingerprint density at radius 2 is 1.93 bits per heavy atom. The highest BCUT2D eigenvalue weighted by Gasteiger charge is 2.18. The number of hydrogen-bond donors (Lipinski definition) is 2. The average molecular weight is 358 g/mol. The van der Waals surface area contributed by atoms with Gasteiger partial charge in [0.2, 0.25) is 5.91 Å². The minimum Gasteiger partial charge on any atom is -0.508 e. The maximum absolute atomic E-state index is 12.5. The number of rotatable bonds is 3. The molecule has 3 aromatic carbocycles. The van der Waals surface area contributed by atoms with Crippen LogP contribution >= 0.6 is 0 Å². The van der Waals surface area contributed by atoms with Crippen LogP contribution in [0, 0.1) is 6.92 Å². The molecule has 1 aliphatic rings. The third-order valence-corrected chi connectivity index (χ3v) is 5.14. The molecule has 0 saturated carbocycles. The van der Waals surface area contributed by atoms with E-state index < -0.39 is 0 Å². The van der Waals surface area contributed by atoms with Crippen LogP contribution < -0.4 is 5.43 Å². The van der Waals surface area contributed by atoms with Crippen molar-refractivity contribution in [3.8, 4) is 5.75 Å². The maximum atomic E-state index is 12.5. The normalized spacial score (nSPS) is 14.9. The number of aromatic hydroxyl groups is 1. The second-order valence-corrected chi connectivity index (χ2v) is 7.06. The first-order valence-corrected chi connectivity index (χ1v) is 9.27. The van der Waals surface area contributed by atoms with Crippen molar-refractivity contribution >= 4 is 22.4 Å². The number of nitrogens with zero attached hydrogens (tertiary/aromatic N) is 1. The van der Waals surface area contributed by atoms with Gasteiger partial charge in [-0.05, 0) is 65.8 Å². The second-order valence-electron chi connectivity index (χ2n) is 7.06. The summed E-state index contributed by atoms with van der Waals surface area (Å²) < 4.78 is 0. The Bertz CT molecular complexity index is 1050. The van der Waals surface area contributed by atoms with E-state index in [0.29, 0.717) is 12.2 Å². The Morgan fingerprint density at radius 3 is 2.81 bits per heavy atom. The number of phenols is 1. The van der Waals surface area contributed by atoms with Crippen molar-refractivity contribution in [2.45, 2.75) is 32.6 Å². The number of phenolic OH excluding ortho intramolecular Hbond substituents is 1. The van der Waals surface area contributed by atoms with Gasteiger partial charge in [0.05, 0.1) is 12.1 Å². The zero-order valence-corrected chi connectivity index (χ0v) is 15.3. The molecule has 0 aliphatic heterocycles. The lowest BCUT2D eigenvalue weighted by Crippen LogP contribution is -2.23. The summed E-state index contributed by atoms with van der Waals surface area (Å²) in [6.45, 7) is 1.88. The quantitative estimate of drug-likeness (QED) is 0.688. The Morgan fingerprint density at radius 1 is 1.11 bits per heavy atom. The van der Waals surface area contributed by atoms with E-state index in [-0.39, 0.29) is 5.91 Å². The fraction of sp³-hybridized carbons (Fsp3) is 0.217. The standard InChI is InChI=1S/C23H22N2O2/c1-15-12-20-17(13-22(15)26)9-5-11-21(20)24-25-23(27)14-18-8-4-7-16-6-2-3-10-19(16)18/h2-4,6-8,10,12-13,26H,5,9,11,14H2,1H3,(H,25,27)/b24-21+. The molecule has 0 atom stereocenters. The predicted octanol–water partition coefficient (Wildman–Crippen LogP) is 4.25. The molecule has 4 nitrogen and oxygen atoms in total. The van der Waals surface area contributed by atoms with Crippen LogP contribution in [0.4, 0.5) is 0 Å². The first-order chi connectivity index (χ1) is 13.1. The molecular weight excluding hydrogens is 336 g/mol. The average Bonchev–Trinajstić information content (AvgIpc) is 2.68. The molecule has 0 bridgehead atoms. The van der Waals surface area contributed by atoms with Crippen molar-refractivity contribution < 1.29 is 9.90 Å². The molecule has 0 unspecified atom stereocenters. The minimum atomic E-state index is -0.124. The number of carbonyl (C=O) groups is 1. The Labute approximate surface area is 158 Å². The van der Waals surface area contributed by atoms with Crippen LogP contribution in [0.1, 0.15) is 35.1 Å². The first-order valence-electron chi connectivity index (χ1n) is 9.27. The van der Waals surface area contributed by atoms with E-state index in [4.69, 9.17) is 0 Å². The Kier molecular flexibility index (Phi) is 4.63. The summed E-state index contributed by atoms with van der Waals surface area (Å²) >= 11 is 0. The summed E-state index contributed by atoms with van der Waals surface area (Å²) in [4.78, 5) is 12.5. The highest BCUT2D eigenvalue weighted by atomic mass is 16.3. The summed E-state index contributed by atoms with van der Waals surface area (Å²) in [5.74, 6) is 0.191. The lowest BCUT2D eigenvalue weighted by atomic mass is 9.88. The predicted molar refractivity (Wildman–Crippen MR) is 108 cm³/mol. The number of nitrogens with one attached hydrogen (secondary N) is 1. The molecule has 0 fully saturated rings. The molecule has 3 aromatic rings. The van der Waals surface area contributed by atoms with Crippen molar-refractivity contribution in [2.75, 3.05) is 0 Å². The molecule has 1 amide bonds. The first kappa shape index (κ1) is 17.3. The van der Waals surface area contributed by atoms with Crippen molar-refractivity contribution in [1.82, 2.24) is 5.43 Å². The molecule has 4 heteroatoms. The maximum Gasteiger partial charge on any atom is 0.244 e. The lowest BCUT2D eigenvalue weighted by molar-refractivity contribution is -0.120. The third kappa shape index (κ3) is 3.56. The van der Waals surface area contributed by atoms with E-state index in [1.807, 2.05) is 61.5 Å². The van der Waals surface area contributed by atoms with E-state index in [1.165, 1.54) is 0 Å². The summed E-state index contributed by atoms with van der Waals surface area (Å²) in [5, 5.41) is 16.6. The molecule has 2 N–H and O–H groups in total. The van der Waals surface area contributed by atoms with Gasteiger partial charge in [-0.25, -0.2) is 5.43 Å². The molecule has 0 heterocycles. The summed E-state index contributed by atoms with van der Waals surface area (Å²) in [6.07, 6.45) is 3.00. The van der Waals surface area contributed by atoms with Gasteiger partial charge in [0.25, 0.3) is 0 Å². The van der Waals surface area contributed by atoms with E-state index in [0.717, 1.165) is 58.0 Å².